The number of anilines is 3. The van der Waals surface area contributed by atoms with E-state index in [1.54, 1.807) is 0 Å². The number of hydrogen-bond donors (Lipinski definition) is 0. The number of rotatable bonds is 4. The summed E-state index contributed by atoms with van der Waals surface area (Å²) in [5.74, 6) is 0.186. The Balaban J connectivity index is 1.27. The van der Waals surface area contributed by atoms with Crippen molar-refractivity contribution in [2.75, 3.05) is 4.90 Å². The highest BCUT2D eigenvalue weighted by Crippen LogP contribution is 2.68. The average Bonchev–Trinajstić information content (AvgIpc) is 3.22. The standard InChI is InChI=1S/C50H33N/c1-4-15-33(16-5-1)36-27-28-46-45(32-36)50-43-24-12-10-21-40(43)48(41-22-11-13-25-44(41)50)42-23-14-26-47(49(42)50)51(46)39-30-37(34-17-6-2-7-18-34)29-38(31-39)35-19-8-3-9-20-35/h1-32,48H. The predicted octanol–water partition coefficient (Wildman–Crippen LogP) is 12.7. The molecule has 2 bridgehead atoms. The molecule has 1 spiro atoms. The fourth-order valence-electron chi connectivity index (χ4n) is 9.50. The Kier molecular flexibility index (Phi) is 6.00. The topological polar surface area (TPSA) is 3.24 Å². The van der Waals surface area contributed by atoms with Gasteiger partial charge in [-0.3, -0.25) is 0 Å². The number of fused-ring (bicyclic) bond motifs is 1. The number of nitrogens with zero attached hydrogens (tertiary/aromatic N) is 1. The fourth-order valence-corrected chi connectivity index (χ4v) is 9.50. The van der Waals surface area contributed by atoms with Crippen molar-refractivity contribution >= 4 is 17.1 Å². The van der Waals surface area contributed by atoms with E-state index in [2.05, 4.69) is 199 Å². The maximum absolute atomic E-state index is 2.55. The normalized spacial score (nSPS) is 17.3. The Morgan fingerprint density at radius 2 is 0.843 bits per heavy atom. The van der Waals surface area contributed by atoms with Crippen LogP contribution in [0.15, 0.2) is 194 Å². The smallest absolute Gasteiger partial charge is 0.0751 e. The van der Waals surface area contributed by atoms with Crippen molar-refractivity contribution in [2.45, 2.75) is 11.3 Å². The summed E-state index contributed by atoms with van der Waals surface area (Å²) in [6, 6.07) is 72.2. The maximum atomic E-state index is 2.55. The largest absolute Gasteiger partial charge is 0.310 e. The summed E-state index contributed by atoms with van der Waals surface area (Å²) in [7, 11) is 0. The van der Waals surface area contributed by atoms with Crippen molar-refractivity contribution in [3.05, 3.63) is 233 Å². The van der Waals surface area contributed by atoms with E-state index in [-0.39, 0.29) is 5.92 Å². The number of hydrogen-bond acceptors (Lipinski definition) is 1. The lowest BCUT2D eigenvalue weighted by atomic mass is 9.49. The molecule has 0 saturated carbocycles. The SMILES string of the molecule is c1ccc(-c2cc(-c3ccccc3)cc(N3c4ccc(-c5ccccc5)cc4C45c6ccccc6C(c6ccccc64)c4cccc3c45)c2)cc1. The Bertz CT molecular complexity index is 2530. The van der Waals surface area contributed by atoms with Crippen molar-refractivity contribution < 1.29 is 0 Å². The molecule has 1 heterocycles. The van der Waals surface area contributed by atoms with Crippen LogP contribution < -0.4 is 4.90 Å². The molecular weight excluding hydrogens is 615 g/mol. The Hall–Kier alpha value is -6.44. The molecule has 51 heavy (non-hydrogen) atoms. The summed E-state index contributed by atoms with van der Waals surface area (Å²) in [6.45, 7) is 0. The highest BCUT2D eigenvalue weighted by molar-refractivity contribution is 5.96. The quantitative estimate of drug-likeness (QED) is 0.184. The molecule has 0 fully saturated rings. The van der Waals surface area contributed by atoms with Gasteiger partial charge in [0.15, 0.2) is 0 Å². The van der Waals surface area contributed by atoms with Gasteiger partial charge in [-0.05, 0) is 109 Å². The van der Waals surface area contributed by atoms with Gasteiger partial charge in [0.1, 0.15) is 0 Å². The van der Waals surface area contributed by atoms with E-state index >= 15 is 0 Å². The third-order valence-corrected chi connectivity index (χ3v) is 11.5. The minimum Gasteiger partial charge on any atom is -0.310 e. The van der Waals surface area contributed by atoms with Gasteiger partial charge in [-0.1, -0.05) is 158 Å². The van der Waals surface area contributed by atoms with E-state index in [0.717, 1.165) is 5.69 Å². The molecule has 4 aliphatic rings. The molecule has 0 radical (unpaired) electrons. The first-order valence-corrected chi connectivity index (χ1v) is 17.9. The zero-order chi connectivity index (χ0) is 33.5. The average molecular weight is 648 g/mol. The highest BCUT2D eigenvalue weighted by Gasteiger charge is 2.57. The molecule has 238 valence electrons. The zero-order valence-corrected chi connectivity index (χ0v) is 28.0. The van der Waals surface area contributed by atoms with Crippen LogP contribution >= 0.6 is 0 Å². The fraction of sp³-hybridized carbons (Fsp3) is 0.0400. The molecule has 0 aromatic heterocycles. The van der Waals surface area contributed by atoms with Crippen LogP contribution in [0.25, 0.3) is 33.4 Å². The first-order chi connectivity index (χ1) is 25.3. The molecule has 0 amide bonds. The van der Waals surface area contributed by atoms with Crippen LogP contribution in [0, 0.1) is 0 Å². The molecule has 3 aliphatic carbocycles. The van der Waals surface area contributed by atoms with Crippen LogP contribution in [-0.4, -0.2) is 0 Å². The summed E-state index contributed by atoms with van der Waals surface area (Å²) in [5.41, 5.74) is 20.3. The van der Waals surface area contributed by atoms with Crippen LogP contribution in [0.4, 0.5) is 17.1 Å². The summed E-state index contributed by atoms with van der Waals surface area (Å²) in [6.07, 6.45) is 0. The van der Waals surface area contributed by atoms with Crippen LogP contribution in [-0.2, 0) is 5.41 Å². The van der Waals surface area contributed by atoms with Gasteiger partial charge in [0.2, 0.25) is 0 Å². The molecule has 8 aromatic rings. The minimum atomic E-state index is -0.455. The minimum absolute atomic E-state index is 0.186. The third kappa shape index (κ3) is 3.92. The molecule has 1 nitrogen and oxygen atoms in total. The summed E-state index contributed by atoms with van der Waals surface area (Å²) in [4.78, 5) is 2.55. The van der Waals surface area contributed by atoms with E-state index in [9.17, 15) is 0 Å². The van der Waals surface area contributed by atoms with E-state index in [0.29, 0.717) is 0 Å². The van der Waals surface area contributed by atoms with Crippen LogP contribution in [0.3, 0.4) is 0 Å². The summed E-state index contributed by atoms with van der Waals surface area (Å²) >= 11 is 0. The second-order valence-corrected chi connectivity index (χ2v) is 14.0. The molecule has 0 unspecified atom stereocenters. The Morgan fingerprint density at radius 1 is 0.333 bits per heavy atom. The van der Waals surface area contributed by atoms with Crippen molar-refractivity contribution in [1.82, 2.24) is 0 Å². The second kappa shape index (κ2) is 10.8. The monoisotopic (exact) mass is 647 g/mol. The van der Waals surface area contributed by atoms with Gasteiger partial charge >= 0.3 is 0 Å². The summed E-state index contributed by atoms with van der Waals surface area (Å²) < 4.78 is 0. The van der Waals surface area contributed by atoms with E-state index < -0.39 is 5.41 Å². The van der Waals surface area contributed by atoms with Gasteiger partial charge in [0.05, 0.1) is 16.8 Å². The first-order valence-electron chi connectivity index (χ1n) is 17.9. The van der Waals surface area contributed by atoms with Crippen LogP contribution in [0.1, 0.15) is 44.9 Å². The zero-order valence-electron chi connectivity index (χ0n) is 28.0. The van der Waals surface area contributed by atoms with Crippen LogP contribution in [0.5, 0.6) is 0 Å². The molecule has 0 saturated heterocycles. The number of benzene rings is 8. The molecule has 12 rings (SSSR count). The summed E-state index contributed by atoms with van der Waals surface area (Å²) in [5, 5.41) is 0. The maximum Gasteiger partial charge on any atom is 0.0751 e. The van der Waals surface area contributed by atoms with Crippen molar-refractivity contribution in [3.8, 4) is 33.4 Å². The van der Waals surface area contributed by atoms with Gasteiger partial charge in [0.25, 0.3) is 0 Å². The van der Waals surface area contributed by atoms with Crippen LogP contribution in [0.2, 0.25) is 0 Å². The first kappa shape index (κ1) is 28.4. The Morgan fingerprint density at radius 3 is 1.43 bits per heavy atom. The Labute approximate surface area is 298 Å². The molecule has 1 aliphatic heterocycles. The van der Waals surface area contributed by atoms with E-state index in [1.807, 2.05) is 0 Å². The van der Waals surface area contributed by atoms with Crippen molar-refractivity contribution in [3.63, 3.8) is 0 Å². The third-order valence-electron chi connectivity index (χ3n) is 11.5. The lowest BCUT2D eigenvalue weighted by molar-refractivity contribution is 0.622. The van der Waals surface area contributed by atoms with Gasteiger partial charge in [-0.15, -0.1) is 0 Å². The second-order valence-electron chi connectivity index (χ2n) is 14.0. The van der Waals surface area contributed by atoms with E-state index in [4.69, 9.17) is 0 Å². The molecule has 1 heteroatoms. The van der Waals surface area contributed by atoms with Crippen molar-refractivity contribution in [1.29, 1.82) is 0 Å². The van der Waals surface area contributed by atoms with E-state index in [1.165, 1.54) is 83.7 Å². The molecule has 0 atom stereocenters. The van der Waals surface area contributed by atoms with Crippen molar-refractivity contribution in [2.24, 2.45) is 0 Å². The molecular formula is C50H33N. The lowest BCUT2D eigenvalue weighted by Crippen LogP contribution is -2.46. The van der Waals surface area contributed by atoms with Gasteiger partial charge in [0, 0.05) is 11.6 Å². The highest BCUT2D eigenvalue weighted by atomic mass is 15.2. The molecule has 0 N–H and O–H groups in total. The lowest BCUT2D eigenvalue weighted by Gasteiger charge is -2.55. The van der Waals surface area contributed by atoms with Gasteiger partial charge in [-0.25, -0.2) is 0 Å². The van der Waals surface area contributed by atoms with Gasteiger partial charge < -0.3 is 4.90 Å². The van der Waals surface area contributed by atoms with Gasteiger partial charge in [-0.2, -0.15) is 0 Å². The predicted molar refractivity (Wildman–Crippen MR) is 210 cm³/mol. The molecule has 8 aromatic carbocycles.